The highest BCUT2D eigenvalue weighted by atomic mass is 32.2. The van der Waals surface area contributed by atoms with Gasteiger partial charge in [-0.25, -0.2) is 8.93 Å². The second-order valence-corrected chi connectivity index (χ2v) is 12.6. The molecule has 0 aliphatic carbocycles. The number of aliphatic hydroxyl groups is 1. The van der Waals surface area contributed by atoms with Crippen molar-refractivity contribution < 1.29 is 14.1 Å². The van der Waals surface area contributed by atoms with Crippen molar-refractivity contribution in [3.8, 4) is 5.75 Å². The molecule has 0 saturated carbocycles. The molecule has 0 amide bonds. The van der Waals surface area contributed by atoms with Gasteiger partial charge in [-0.05, 0) is 79.8 Å². The molecule has 190 valence electrons. The van der Waals surface area contributed by atoms with Gasteiger partial charge in [-0.2, -0.15) is 0 Å². The van der Waals surface area contributed by atoms with Crippen LogP contribution in [0.3, 0.4) is 0 Å². The van der Waals surface area contributed by atoms with Gasteiger partial charge in [0.25, 0.3) is 0 Å². The van der Waals surface area contributed by atoms with Gasteiger partial charge in [0.1, 0.15) is 12.4 Å². The highest BCUT2D eigenvalue weighted by Crippen LogP contribution is 2.41. The van der Waals surface area contributed by atoms with E-state index in [-0.39, 0.29) is 22.7 Å². The SMILES string of the molecule is CCC(CC)(c1ccc(CNS(=O)C(C)C)c(C)c1)c1ccc(OCC(O)C(C)(C)C)c(C)c1. The lowest BCUT2D eigenvalue weighted by molar-refractivity contribution is 0.0216. The lowest BCUT2D eigenvalue weighted by atomic mass is 9.70. The van der Waals surface area contributed by atoms with Gasteiger partial charge in [-0.3, -0.25) is 0 Å². The van der Waals surface area contributed by atoms with Crippen LogP contribution in [-0.2, 0) is 22.9 Å². The van der Waals surface area contributed by atoms with E-state index in [0.29, 0.717) is 6.54 Å². The zero-order valence-corrected chi connectivity index (χ0v) is 23.4. The lowest BCUT2D eigenvalue weighted by Gasteiger charge is -2.34. The summed E-state index contributed by atoms with van der Waals surface area (Å²) in [7, 11) is -1.03. The third-order valence-electron chi connectivity index (χ3n) is 7.06. The molecule has 0 aliphatic rings. The number of hydrogen-bond acceptors (Lipinski definition) is 3. The Kier molecular flexibility index (Phi) is 9.93. The van der Waals surface area contributed by atoms with E-state index >= 15 is 0 Å². The largest absolute Gasteiger partial charge is 0.491 e. The van der Waals surface area contributed by atoms with E-state index in [4.69, 9.17) is 4.74 Å². The summed E-state index contributed by atoms with van der Waals surface area (Å²) < 4.78 is 21.2. The fraction of sp³-hybridized carbons (Fsp3) is 0.586. The second kappa shape index (κ2) is 11.8. The van der Waals surface area contributed by atoms with Gasteiger partial charge < -0.3 is 9.84 Å². The maximum atomic E-state index is 12.1. The Morgan fingerprint density at radius 2 is 1.53 bits per heavy atom. The van der Waals surface area contributed by atoms with Crippen molar-refractivity contribution in [2.75, 3.05) is 6.61 Å². The van der Waals surface area contributed by atoms with E-state index < -0.39 is 17.1 Å². The van der Waals surface area contributed by atoms with Crippen LogP contribution in [0.5, 0.6) is 5.75 Å². The minimum atomic E-state index is -1.03. The fourth-order valence-corrected chi connectivity index (χ4v) is 4.90. The van der Waals surface area contributed by atoms with Crippen LogP contribution in [0.25, 0.3) is 0 Å². The minimum absolute atomic E-state index is 0.0916. The van der Waals surface area contributed by atoms with E-state index in [9.17, 15) is 9.32 Å². The molecule has 5 heteroatoms. The standard InChI is InChI=1S/C29H45NO3S/c1-10-29(11-2,24-13-12-23(21(5)16-24)18-30-34(32)20(3)4)25-14-15-26(22(6)17-25)33-19-27(31)28(7,8)9/h12-17,20,27,30-31H,10-11,18-19H2,1-9H3. The molecule has 2 rings (SSSR count). The van der Waals surface area contributed by atoms with E-state index in [0.717, 1.165) is 24.2 Å². The Morgan fingerprint density at radius 3 is 2.00 bits per heavy atom. The molecule has 2 N–H and O–H groups in total. The van der Waals surface area contributed by atoms with Crippen molar-refractivity contribution >= 4 is 11.0 Å². The molecule has 0 aromatic heterocycles. The molecule has 2 unspecified atom stereocenters. The van der Waals surface area contributed by atoms with Crippen LogP contribution < -0.4 is 9.46 Å². The van der Waals surface area contributed by atoms with E-state index in [1.165, 1.54) is 22.3 Å². The van der Waals surface area contributed by atoms with Crippen molar-refractivity contribution in [3.05, 3.63) is 64.2 Å². The average molecular weight is 488 g/mol. The molecular formula is C29H45NO3S. The molecule has 2 atom stereocenters. The first-order valence-corrected chi connectivity index (χ1v) is 13.7. The molecule has 0 heterocycles. The summed E-state index contributed by atoms with van der Waals surface area (Å²) in [5.41, 5.74) is 5.76. The first-order valence-electron chi connectivity index (χ1n) is 12.5. The number of ether oxygens (including phenoxy) is 1. The summed E-state index contributed by atoms with van der Waals surface area (Å²) >= 11 is 0. The molecule has 0 saturated heterocycles. The zero-order chi connectivity index (χ0) is 25.7. The predicted octanol–water partition coefficient (Wildman–Crippen LogP) is 6.36. The number of benzene rings is 2. The molecule has 4 nitrogen and oxygen atoms in total. The summed E-state index contributed by atoms with van der Waals surface area (Å²) in [4.78, 5) is 0. The Morgan fingerprint density at radius 1 is 0.971 bits per heavy atom. The van der Waals surface area contributed by atoms with Crippen molar-refractivity contribution in [3.63, 3.8) is 0 Å². The lowest BCUT2D eigenvalue weighted by Crippen LogP contribution is -2.32. The predicted molar refractivity (Wildman–Crippen MR) is 145 cm³/mol. The van der Waals surface area contributed by atoms with E-state index in [1.807, 2.05) is 40.7 Å². The smallest absolute Gasteiger partial charge is 0.122 e. The van der Waals surface area contributed by atoms with Gasteiger partial charge in [0.15, 0.2) is 0 Å². The quantitative estimate of drug-likeness (QED) is 0.388. The molecule has 0 spiro atoms. The van der Waals surface area contributed by atoms with Crippen LogP contribution >= 0.6 is 0 Å². The third kappa shape index (κ3) is 6.71. The third-order valence-corrected chi connectivity index (χ3v) is 8.34. The summed E-state index contributed by atoms with van der Waals surface area (Å²) in [6.45, 7) is 19.6. The number of hydrogen-bond donors (Lipinski definition) is 2. The van der Waals surface area contributed by atoms with Crippen LogP contribution in [-0.4, -0.2) is 27.3 Å². The van der Waals surface area contributed by atoms with Gasteiger partial charge in [0.05, 0.1) is 17.1 Å². The molecule has 0 bridgehead atoms. The van der Waals surface area contributed by atoms with E-state index in [2.05, 4.69) is 62.7 Å². The molecule has 0 aliphatic heterocycles. The molecule has 34 heavy (non-hydrogen) atoms. The molecular weight excluding hydrogens is 442 g/mol. The fourth-order valence-electron chi connectivity index (χ4n) is 4.27. The molecule has 0 fully saturated rings. The van der Waals surface area contributed by atoms with Gasteiger partial charge in [0.2, 0.25) is 0 Å². The van der Waals surface area contributed by atoms with Crippen molar-refractivity contribution in [1.29, 1.82) is 0 Å². The Balaban J connectivity index is 2.31. The number of rotatable bonds is 11. The maximum absolute atomic E-state index is 12.1. The van der Waals surface area contributed by atoms with Crippen molar-refractivity contribution in [2.45, 2.75) is 98.5 Å². The van der Waals surface area contributed by atoms with Crippen molar-refractivity contribution in [1.82, 2.24) is 4.72 Å². The summed E-state index contributed by atoms with van der Waals surface area (Å²) in [5.74, 6) is 0.823. The highest BCUT2D eigenvalue weighted by Gasteiger charge is 2.31. The van der Waals surface area contributed by atoms with Gasteiger partial charge in [-0.1, -0.05) is 65.0 Å². The molecule has 0 radical (unpaired) electrons. The summed E-state index contributed by atoms with van der Waals surface area (Å²) in [5, 5.41) is 10.4. The van der Waals surface area contributed by atoms with Crippen LogP contribution in [0.1, 0.15) is 89.1 Å². The van der Waals surface area contributed by atoms with Gasteiger partial charge >= 0.3 is 0 Å². The van der Waals surface area contributed by atoms with Crippen LogP contribution in [0.2, 0.25) is 0 Å². The first kappa shape index (κ1) is 28.5. The average Bonchev–Trinajstić information content (AvgIpc) is 2.78. The summed E-state index contributed by atoms with van der Waals surface area (Å²) in [6, 6.07) is 13.2. The van der Waals surface area contributed by atoms with Crippen LogP contribution in [0, 0.1) is 19.3 Å². The monoisotopic (exact) mass is 487 g/mol. The normalized spacial score (nSPS) is 14.3. The van der Waals surface area contributed by atoms with Crippen LogP contribution in [0.15, 0.2) is 36.4 Å². The first-order chi connectivity index (χ1) is 15.9. The molecule has 2 aromatic rings. The Bertz CT molecular complexity index is 974. The van der Waals surface area contributed by atoms with Gasteiger partial charge in [0, 0.05) is 17.2 Å². The van der Waals surface area contributed by atoms with Crippen molar-refractivity contribution in [2.24, 2.45) is 5.41 Å². The number of nitrogens with one attached hydrogen (secondary N) is 1. The second-order valence-electron chi connectivity index (χ2n) is 10.8. The maximum Gasteiger partial charge on any atom is 0.122 e. The highest BCUT2D eigenvalue weighted by molar-refractivity contribution is 7.83. The Labute approximate surface area is 210 Å². The molecule has 2 aromatic carbocycles. The van der Waals surface area contributed by atoms with E-state index in [1.54, 1.807) is 0 Å². The van der Waals surface area contributed by atoms with Gasteiger partial charge in [-0.15, -0.1) is 0 Å². The Hall–Kier alpha value is -1.69. The zero-order valence-electron chi connectivity index (χ0n) is 22.6. The van der Waals surface area contributed by atoms with Crippen LogP contribution in [0.4, 0.5) is 0 Å². The summed E-state index contributed by atoms with van der Waals surface area (Å²) in [6.07, 6.45) is 1.45. The number of aliphatic hydroxyl groups excluding tert-OH is 1. The topological polar surface area (TPSA) is 58.6 Å². The number of aryl methyl sites for hydroxylation is 2. The minimum Gasteiger partial charge on any atom is -0.491 e.